The Labute approximate surface area is 92.6 Å². The van der Waals surface area contributed by atoms with Gasteiger partial charge < -0.3 is 9.26 Å². The van der Waals surface area contributed by atoms with Crippen molar-refractivity contribution in [2.45, 2.75) is 12.5 Å². The van der Waals surface area contributed by atoms with Crippen LogP contribution in [0.4, 0.5) is 0 Å². The van der Waals surface area contributed by atoms with Crippen molar-refractivity contribution >= 4 is 11.6 Å². The fraction of sp³-hybridized carbons (Fsp3) is 0.182. The van der Waals surface area contributed by atoms with Crippen molar-refractivity contribution in [1.82, 2.24) is 5.16 Å². The van der Waals surface area contributed by atoms with Gasteiger partial charge in [0.1, 0.15) is 6.61 Å². The zero-order chi connectivity index (χ0) is 10.5. The summed E-state index contributed by atoms with van der Waals surface area (Å²) in [6.07, 6.45) is 0. The van der Waals surface area contributed by atoms with Gasteiger partial charge in [0.25, 0.3) is 5.88 Å². The zero-order valence-electron chi connectivity index (χ0n) is 8.02. The lowest BCUT2D eigenvalue weighted by Gasteiger charge is -2.00. The van der Waals surface area contributed by atoms with Gasteiger partial charge in [0, 0.05) is 6.07 Å². The largest absolute Gasteiger partial charge is 0.471 e. The van der Waals surface area contributed by atoms with E-state index in [1.54, 1.807) is 6.07 Å². The highest BCUT2D eigenvalue weighted by Crippen LogP contribution is 2.14. The summed E-state index contributed by atoms with van der Waals surface area (Å²) < 4.78 is 10.3. The van der Waals surface area contributed by atoms with Crippen molar-refractivity contribution < 1.29 is 9.26 Å². The number of hydrogen-bond acceptors (Lipinski definition) is 3. The number of alkyl halides is 1. The van der Waals surface area contributed by atoms with Crippen LogP contribution in [0.5, 0.6) is 5.88 Å². The number of ether oxygens (including phenoxy) is 1. The van der Waals surface area contributed by atoms with E-state index in [9.17, 15) is 0 Å². The maximum atomic E-state index is 5.57. The molecule has 0 saturated carbocycles. The lowest BCUT2D eigenvalue weighted by atomic mass is 10.2. The van der Waals surface area contributed by atoms with Crippen molar-refractivity contribution in [2.24, 2.45) is 0 Å². The molecule has 4 heteroatoms. The number of aromatic nitrogens is 1. The highest BCUT2D eigenvalue weighted by Gasteiger charge is 2.03. The van der Waals surface area contributed by atoms with Gasteiger partial charge in [-0.25, -0.2) is 0 Å². The standard InChI is InChI=1S/C11H10ClNO2/c12-7-10-6-11(13-15-10)14-8-9-4-2-1-3-5-9/h1-6H,7-8H2. The molecular formula is C11H10ClNO2. The lowest BCUT2D eigenvalue weighted by molar-refractivity contribution is 0.267. The molecule has 0 radical (unpaired) electrons. The smallest absolute Gasteiger partial charge is 0.254 e. The topological polar surface area (TPSA) is 35.3 Å². The normalized spacial score (nSPS) is 10.2. The molecule has 2 rings (SSSR count). The van der Waals surface area contributed by atoms with Crippen LogP contribution in [0, 0.1) is 0 Å². The second-order valence-electron chi connectivity index (χ2n) is 3.04. The van der Waals surface area contributed by atoms with Crippen LogP contribution >= 0.6 is 11.6 Å². The summed E-state index contributed by atoms with van der Waals surface area (Å²) in [5.74, 6) is 1.39. The summed E-state index contributed by atoms with van der Waals surface area (Å²) in [6.45, 7) is 0.481. The van der Waals surface area contributed by atoms with Gasteiger partial charge in [0.15, 0.2) is 5.76 Å². The quantitative estimate of drug-likeness (QED) is 0.748. The molecule has 0 spiro atoms. The molecule has 1 aromatic heterocycles. The molecule has 0 amide bonds. The van der Waals surface area contributed by atoms with Crippen LogP contribution in [-0.2, 0) is 12.5 Å². The first-order chi connectivity index (χ1) is 7.38. The van der Waals surface area contributed by atoms with Crippen LogP contribution < -0.4 is 4.74 Å². The van der Waals surface area contributed by atoms with Gasteiger partial charge in [-0.1, -0.05) is 30.3 Å². The van der Waals surface area contributed by atoms with E-state index in [1.807, 2.05) is 30.3 Å². The Bertz CT molecular complexity index is 414. The van der Waals surface area contributed by atoms with E-state index in [-0.39, 0.29) is 0 Å². The van der Waals surface area contributed by atoms with E-state index in [1.165, 1.54) is 0 Å². The van der Waals surface area contributed by atoms with Crippen molar-refractivity contribution in [2.75, 3.05) is 0 Å². The summed E-state index contributed by atoms with van der Waals surface area (Å²) in [6, 6.07) is 11.6. The molecule has 3 nitrogen and oxygen atoms in total. The van der Waals surface area contributed by atoms with E-state index >= 15 is 0 Å². The Morgan fingerprint density at radius 3 is 2.73 bits per heavy atom. The van der Waals surface area contributed by atoms with Crippen LogP contribution in [0.3, 0.4) is 0 Å². The van der Waals surface area contributed by atoms with E-state index in [4.69, 9.17) is 20.9 Å². The minimum atomic E-state index is 0.307. The van der Waals surface area contributed by atoms with E-state index < -0.39 is 0 Å². The molecule has 1 aromatic carbocycles. The van der Waals surface area contributed by atoms with Crippen LogP contribution in [0.25, 0.3) is 0 Å². The maximum Gasteiger partial charge on any atom is 0.254 e. The molecule has 0 atom stereocenters. The van der Waals surface area contributed by atoms with E-state index in [2.05, 4.69) is 5.16 Å². The van der Waals surface area contributed by atoms with Gasteiger partial charge in [0.2, 0.25) is 0 Å². The highest BCUT2D eigenvalue weighted by molar-refractivity contribution is 6.16. The molecule has 0 bridgehead atoms. The first-order valence-electron chi connectivity index (χ1n) is 4.57. The molecule has 1 heterocycles. The lowest BCUT2D eigenvalue weighted by Crippen LogP contribution is -1.94. The first-order valence-corrected chi connectivity index (χ1v) is 5.10. The van der Waals surface area contributed by atoms with Gasteiger partial charge >= 0.3 is 0 Å². The van der Waals surface area contributed by atoms with Crippen LogP contribution in [0.1, 0.15) is 11.3 Å². The molecule has 0 aliphatic heterocycles. The molecule has 0 unspecified atom stereocenters. The summed E-state index contributed by atoms with van der Waals surface area (Å²) in [5, 5.41) is 3.72. The van der Waals surface area contributed by atoms with Gasteiger partial charge in [-0.05, 0) is 10.7 Å². The molecule has 0 aliphatic rings. The third kappa shape index (κ3) is 2.73. The van der Waals surface area contributed by atoms with Crippen LogP contribution in [0.15, 0.2) is 40.9 Å². The maximum absolute atomic E-state index is 5.57. The molecule has 2 aromatic rings. The summed E-state index contributed by atoms with van der Waals surface area (Å²) in [7, 11) is 0. The fourth-order valence-corrected chi connectivity index (χ4v) is 1.28. The van der Waals surface area contributed by atoms with Gasteiger partial charge in [0.05, 0.1) is 5.88 Å². The monoisotopic (exact) mass is 223 g/mol. The average Bonchev–Trinajstić information content (AvgIpc) is 2.76. The molecule has 0 fully saturated rings. The Kier molecular flexibility index (Phi) is 3.25. The Hall–Kier alpha value is -1.48. The SMILES string of the molecule is ClCc1cc(OCc2ccccc2)no1. The minimum Gasteiger partial charge on any atom is -0.471 e. The predicted molar refractivity (Wildman–Crippen MR) is 56.8 cm³/mol. The summed E-state index contributed by atoms with van der Waals surface area (Å²) in [5.41, 5.74) is 1.09. The summed E-state index contributed by atoms with van der Waals surface area (Å²) in [4.78, 5) is 0. The Morgan fingerprint density at radius 1 is 1.27 bits per heavy atom. The second kappa shape index (κ2) is 4.84. The average molecular weight is 224 g/mol. The van der Waals surface area contributed by atoms with Crippen LogP contribution in [0.2, 0.25) is 0 Å². The van der Waals surface area contributed by atoms with Crippen molar-refractivity contribution in [3.8, 4) is 5.88 Å². The summed E-state index contributed by atoms with van der Waals surface area (Å²) >= 11 is 5.57. The Morgan fingerprint density at radius 2 is 2.07 bits per heavy atom. The third-order valence-corrected chi connectivity index (χ3v) is 2.16. The number of benzene rings is 1. The van der Waals surface area contributed by atoms with Crippen molar-refractivity contribution in [3.05, 3.63) is 47.7 Å². The molecule has 78 valence electrons. The first kappa shape index (κ1) is 10.1. The van der Waals surface area contributed by atoms with Crippen LogP contribution in [-0.4, -0.2) is 5.16 Å². The van der Waals surface area contributed by atoms with E-state index in [0.29, 0.717) is 24.1 Å². The van der Waals surface area contributed by atoms with Gasteiger partial charge in [-0.15, -0.1) is 11.6 Å². The van der Waals surface area contributed by atoms with Crippen molar-refractivity contribution in [1.29, 1.82) is 0 Å². The molecular weight excluding hydrogens is 214 g/mol. The van der Waals surface area contributed by atoms with Crippen molar-refractivity contribution in [3.63, 3.8) is 0 Å². The Balaban J connectivity index is 1.93. The number of hydrogen-bond donors (Lipinski definition) is 0. The second-order valence-corrected chi connectivity index (χ2v) is 3.31. The minimum absolute atomic E-state index is 0.307. The highest BCUT2D eigenvalue weighted by atomic mass is 35.5. The zero-order valence-corrected chi connectivity index (χ0v) is 8.78. The number of nitrogens with zero attached hydrogens (tertiary/aromatic N) is 1. The van der Waals surface area contributed by atoms with Gasteiger partial charge in [-0.3, -0.25) is 0 Å². The fourth-order valence-electron chi connectivity index (χ4n) is 1.16. The third-order valence-electron chi connectivity index (χ3n) is 1.90. The predicted octanol–water partition coefficient (Wildman–Crippen LogP) is 2.99. The molecule has 0 N–H and O–H groups in total. The molecule has 0 saturated heterocycles. The molecule has 15 heavy (non-hydrogen) atoms. The number of halogens is 1. The van der Waals surface area contributed by atoms with E-state index in [0.717, 1.165) is 5.56 Å². The number of rotatable bonds is 4. The van der Waals surface area contributed by atoms with Gasteiger partial charge in [-0.2, -0.15) is 0 Å². The molecule has 0 aliphatic carbocycles.